The number of nitrogens with zero attached hydrogens (tertiary/aromatic N) is 2. The molecule has 0 spiro atoms. The zero-order valence-corrected chi connectivity index (χ0v) is 10.2. The molecule has 0 saturated carbocycles. The van der Waals surface area contributed by atoms with E-state index in [2.05, 4.69) is 23.3 Å². The third-order valence-electron chi connectivity index (χ3n) is 3.22. The van der Waals surface area contributed by atoms with Gasteiger partial charge in [0.05, 0.1) is 11.7 Å². The smallest absolute Gasteiger partial charge is 0.144 e. The van der Waals surface area contributed by atoms with Gasteiger partial charge in [-0.1, -0.05) is 0 Å². The van der Waals surface area contributed by atoms with Crippen LogP contribution >= 0.6 is 0 Å². The van der Waals surface area contributed by atoms with Gasteiger partial charge >= 0.3 is 0 Å². The molecule has 1 aromatic heterocycles. The molecule has 0 amide bonds. The molecular weight excluding hydrogens is 214 g/mol. The molecule has 4 heteroatoms. The van der Waals surface area contributed by atoms with Crippen molar-refractivity contribution in [3.8, 4) is 6.07 Å². The standard InChI is InChI=1S/C13H17N3O/c1-9-3-4-11(7-14)13(16-9)15-8-12-5-6-17-10(12)2/h3-4,10,12H,5-6,8H2,1-2H3,(H,15,16). The van der Waals surface area contributed by atoms with Crippen LogP contribution < -0.4 is 5.32 Å². The van der Waals surface area contributed by atoms with Crippen molar-refractivity contribution in [2.45, 2.75) is 26.4 Å². The highest BCUT2D eigenvalue weighted by Crippen LogP contribution is 2.21. The lowest BCUT2D eigenvalue weighted by Crippen LogP contribution is -2.21. The Labute approximate surface area is 102 Å². The largest absolute Gasteiger partial charge is 0.378 e. The fraction of sp³-hybridized carbons (Fsp3) is 0.538. The first-order chi connectivity index (χ1) is 8.20. The zero-order valence-electron chi connectivity index (χ0n) is 10.2. The van der Waals surface area contributed by atoms with Gasteiger partial charge in [-0.2, -0.15) is 5.26 Å². The van der Waals surface area contributed by atoms with Gasteiger partial charge in [0, 0.05) is 24.8 Å². The van der Waals surface area contributed by atoms with Crippen LogP contribution in [0, 0.1) is 24.2 Å². The number of ether oxygens (including phenoxy) is 1. The molecule has 90 valence electrons. The van der Waals surface area contributed by atoms with E-state index in [1.54, 1.807) is 6.07 Å². The third-order valence-corrected chi connectivity index (χ3v) is 3.22. The molecule has 1 N–H and O–H groups in total. The lowest BCUT2D eigenvalue weighted by Gasteiger charge is -2.15. The van der Waals surface area contributed by atoms with Gasteiger partial charge in [0.1, 0.15) is 11.9 Å². The van der Waals surface area contributed by atoms with Crippen LogP contribution in [0.15, 0.2) is 12.1 Å². The maximum Gasteiger partial charge on any atom is 0.144 e. The average molecular weight is 231 g/mol. The second-order valence-corrected chi connectivity index (χ2v) is 4.47. The first-order valence-electron chi connectivity index (χ1n) is 5.94. The highest BCUT2D eigenvalue weighted by Gasteiger charge is 2.24. The van der Waals surface area contributed by atoms with E-state index in [0.29, 0.717) is 17.3 Å². The Morgan fingerprint density at radius 1 is 1.59 bits per heavy atom. The lowest BCUT2D eigenvalue weighted by atomic mass is 10.0. The average Bonchev–Trinajstić information content (AvgIpc) is 2.72. The van der Waals surface area contributed by atoms with E-state index >= 15 is 0 Å². The minimum absolute atomic E-state index is 0.290. The van der Waals surface area contributed by atoms with E-state index in [0.717, 1.165) is 25.3 Å². The topological polar surface area (TPSA) is 57.9 Å². The summed E-state index contributed by atoms with van der Waals surface area (Å²) < 4.78 is 5.51. The van der Waals surface area contributed by atoms with Crippen LogP contribution in [0.1, 0.15) is 24.6 Å². The number of nitriles is 1. The van der Waals surface area contributed by atoms with Crippen LogP contribution in [0.3, 0.4) is 0 Å². The summed E-state index contributed by atoms with van der Waals surface area (Å²) >= 11 is 0. The quantitative estimate of drug-likeness (QED) is 0.865. The molecule has 1 aliphatic rings. The van der Waals surface area contributed by atoms with Crippen LogP contribution in [0.2, 0.25) is 0 Å². The maximum absolute atomic E-state index is 9.00. The van der Waals surface area contributed by atoms with Gasteiger partial charge in [0.2, 0.25) is 0 Å². The molecule has 0 aliphatic carbocycles. The molecule has 1 saturated heterocycles. The van der Waals surface area contributed by atoms with E-state index in [1.807, 2.05) is 13.0 Å². The molecule has 2 rings (SSSR count). The summed E-state index contributed by atoms with van der Waals surface area (Å²) in [5.41, 5.74) is 1.52. The molecule has 1 aromatic rings. The van der Waals surface area contributed by atoms with Gasteiger partial charge in [0.15, 0.2) is 0 Å². The summed E-state index contributed by atoms with van der Waals surface area (Å²) in [5, 5.41) is 12.3. The molecule has 0 bridgehead atoms. The minimum Gasteiger partial charge on any atom is -0.378 e. The predicted octanol–water partition coefficient (Wildman–Crippen LogP) is 2.10. The minimum atomic E-state index is 0.290. The second kappa shape index (κ2) is 5.15. The summed E-state index contributed by atoms with van der Waals surface area (Å²) in [6.45, 7) is 5.66. The number of pyridine rings is 1. The van der Waals surface area contributed by atoms with Crippen molar-refractivity contribution in [2.24, 2.45) is 5.92 Å². The predicted molar refractivity (Wildman–Crippen MR) is 65.7 cm³/mol. The molecule has 0 aromatic carbocycles. The fourth-order valence-electron chi connectivity index (χ4n) is 2.05. The molecule has 1 fully saturated rings. The fourth-order valence-corrected chi connectivity index (χ4v) is 2.05. The summed E-state index contributed by atoms with van der Waals surface area (Å²) in [7, 11) is 0. The van der Waals surface area contributed by atoms with Crippen molar-refractivity contribution >= 4 is 5.82 Å². The van der Waals surface area contributed by atoms with Crippen molar-refractivity contribution in [1.82, 2.24) is 4.98 Å². The molecule has 2 unspecified atom stereocenters. The van der Waals surface area contributed by atoms with Gasteiger partial charge in [0.25, 0.3) is 0 Å². The monoisotopic (exact) mass is 231 g/mol. The van der Waals surface area contributed by atoms with Gasteiger partial charge in [-0.25, -0.2) is 4.98 Å². The van der Waals surface area contributed by atoms with Crippen molar-refractivity contribution in [1.29, 1.82) is 5.26 Å². The van der Waals surface area contributed by atoms with E-state index in [4.69, 9.17) is 10.00 Å². The van der Waals surface area contributed by atoms with Crippen LogP contribution in [-0.4, -0.2) is 24.2 Å². The second-order valence-electron chi connectivity index (χ2n) is 4.47. The SMILES string of the molecule is Cc1ccc(C#N)c(NCC2CCOC2C)n1. The zero-order chi connectivity index (χ0) is 12.3. The van der Waals surface area contributed by atoms with E-state index in [1.165, 1.54) is 0 Å². The number of aryl methyl sites for hydroxylation is 1. The Morgan fingerprint density at radius 3 is 3.06 bits per heavy atom. The van der Waals surface area contributed by atoms with Crippen molar-refractivity contribution in [2.75, 3.05) is 18.5 Å². The van der Waals surface area contributed by atoms with E-state index < -0.39 is 0 Å². The molecule has 1 aliphatic heterocycles. The molecular formula is C13H17N3O. The third kappa shape index (κ3) is 2.75. The van der Waals surface area contributed by atoms with E-state index in [-0.39, 0.29) is 6.10 Å². The first-order valence-corrected chi connectivity index (χ1v) is 5.94. The summed E-state index contributed by atoms with van der Waals surface area (Å²) in [4.78, 5) is 4.36. The van der Waals surface area contributed by atoms with Crippen LogP contribution in [0.5, 0.6) is 0 Å². The highest BCUT2D eigenvalue weighted by molar-refractivity contribution is 5.52. The maximum atomic E-state index is 9.00. The lowest BCUT2D eigenvalue weighted by molar-refractivity contribution is 0.108. The van der Waals surface area contributed by atoms with Crippen LogP contribution in [0.4, 0.5) is 5.82 Å². The van der Waals surface area contributed by atoms with Gasteiger partial charge in [-0.3, -0.25) is 0 Å². The molecule has 2 heterocycles. The Hall–Kier alpha value is -1.60. The molecule has 2 atom stereocenters. The number of hydrogen-bond donors (Lipinski definition) is 1. The molecule has 0 radical (unpaired) electrons. The Bertz CT molecular complexity index is 439. The summed E-state index contributed by atoms with van der Waals surface area (Å²) in [5.74, 6) is 1.19. The molecule has 17 heavy (non-hydrogen) atoms. The number of aromatic nitrogens is 1. The van der Waals surface area contributed by atoms with Crippen LogP contribution in [0.25, 0.3) is 0 Å². The normalized spacial score (nSPS) is 23.4. The van der Waals surface area contributed by atoms with Crippen molar-refractivity contribution in [3.05, 3.63) is 23.4 Å². The van der Waals surface area contributed by atoms with Gasteiger partial charge in [-0.15, -0.1) is 0 Å². The van der Waals surface area contributed by atoms with E-state index in [9.17, 15) is 0 Å². The first kappa shape index (κ1) is 11.9. The van der Waals surface area contributed by atoms with Gasteiger partial charge < -0.3 is 10.1 Å². The van der Waals surface area contributed by atoms with Crippen LogP contribution in [-0.2, 0) is 4.74 Å². The summed E-state index contributed by atoms with van der Waals surface area (Å²) in [6.07, 6.45) is 1.36. The highest BCUT2D eigenvalue weighted by atomic mass is 16.5. The van der Waals surface area contributed by atoms with Crippen molar-refractivity contribution < 1.29 is 4.74 Å². The number of rotatable bonds is 3. The Morgan fingerprint density at radius 2 is 2.41 bits per heavy atom. The summed E-state index contributed by atoms with van der Waals surface area (Å²) in [6, 6.07) is 5.81. The number of hydrogen-bond acceptors (Lipinski definition) is 4. The van der Waals surface area contributed by atoms with Crippen molar-refractivity contribution in [3.63, 3.8) is 0 Å². The van der Waals surface area contributed by atoms with Gasteiger partial charge in [-0.05, 0) is 32.4 Å². The number of nitrogens with one attached hydrogen (secondary N) is 1. The Kier molecular flexibility index (Phi) is 3.60. The Balaban J connectivity index is 2.03. The number of anilines is 1. The molecule has 4 nitrogen and oxygen atoms in total.